The average Bonchev–Trinajstić information content (AvgIpc) is 3.11. The number of aliphatic imine (C=N–C) groups is 2. The quantitative estimate of drug-likeness (QED) is 0.693. The summed E-state index contributed by atoms with van der Waals surface area (Å²) in [7, 11) is 1.62. The van der Waals surface area contributed by atoms with Crippen LogP contribution >= 0.6 is 11.6 Å². The summed E-state index contributed by atoms with van der Waals surface area (Å²) in [5.74, 6) is -0.936. The summed E-state index contributed by atoms with van der Waals surface area (Å²) in [5, 5.41) is 19.6. The van der Waals surface area contributed by atoms with Gasteiger partial charge in [0.25, 0.3) is 0 Å². The van der Waals surface area contributed by atoms with Gasteiger partial charge in [-0.2, -0.15) is 10.5 Å². The van der Waals surface area contributed by atoms with Gasteiger partial charge in [-0.1, -0.05) is 23.7 Å². The highest BCUT2D eigenvalue weighted by molar-refractivity contribution is 6.30. The van der Waals surface area contributed by atoms with E-state index in [9.17, 15) is 10.5 Å². The third-order valence-corrected chi connectivity index (χ3v) is 5.24. The fourth-order valence-corrected chi connectivity index (χ4v) is 3.77. The number of morpholine rings is 1. The first-order chi connectivity index (χ1) is 13.6. The summed E-state index contributed by atoms with van der Waals surface area (Å²) < 4.78 is 5.44. The number of hydrogen-bond donors (Lipinski definition) is 0. The Hall–Kier alpha value is -2.51. The monoisotopic (exact) mass is 395 g/mol. The number of hydrogen-bond acceptors (Lipinski definition) is 6. The van der Waals surface area contributed by atoms with Crippen molar-refractivity contribution in [3.63, 3.8) is 0 Å². The summed E-state index contributed by atoms with van der Waals surface area (Å²) in [5.41, 5.74) is 1.85. The number of rotatable bonds is 6. The first-order valence-electron chi connectivity index (χ1n) is 9.18. The van der Waals surface area contributed by atoms with Crippen LogP contribution in [0, 0.1) is 28.6 Å². The molecule has 0 saturated carbocycles. The van der Waals surface area contributed by atoms with Crippen LogP contribution in [0.15, 0.2) is 45.9 Å². The number of allylic oxidation sites excluding steroid dienone is 1. The first kappa shape index (κ1) is 20.2. The van der Waals surface area contributed by atoms with E-state index in [0.29, 0.717) is 36.9 Å². The maximum atomic E-state index is 9.46. The molecule has 2 heterocycles. The fraction of sp³-hybridized carbons (Fsp3) is 0.429. The smallest absolute Gasteiger partial charge is 0.173 e. The van der Waals surface area contributed by atoms with Crippen molar-refractivity contribution in [1.82, 2.24) is 4.90 Å². The molecule has 3 rings (SSSR count). The largest absolute Gasteiger partial charge is 0.379 e. The minimum absolute atomic E-state index is 0.492. The molecule has 1 aromatic rings. The second-order valence-corrected chi connectivity index (χ2v) is 7.33. The molecular formula is C21H22ClN5O. The standard InChI is InChI=1S/C21H22ClN5O/c1-25-20(18(12-23)13-24)21(15-27-6-8-28-9-7-27)11-17(14-26-21)10-16-2-4-19(22)5-3-16/h2-5,11,14,18H,6-10,15H2,1H3. The molecule has 1 saturated heterocycles. The maximum absolute atomic E-state index is 9.46. The lowest BCUT2D eigenvalue weighted by Crippen LogP contribution is -2.50. The lowest BCUT2D eigenvalue weighted by molar-refractivity contribution is 0.0347. The second kappa shape index (κ2) is 9.12. The Morgan fingerprint density at radius 1 is 1.29 bits per heavy atom. The lowest BCUT2D eigenvalue weighted by atomic mass is 9.84. The number of nitrogens with zero attached hydrogens (tertiary/aromatic N) is 5. The average molecular weight is 396 g/mol. The van der Waals surface area contributed by atoms with E-state index < -0.39 is 11.5 Å². The van der Waals surface area contributed by atoms with Gasteiger partial charge >= 0.3 is 0 Å². The predicted molar refractivity (Wildman–Crippen MR) is 110 cm³/mol. The van der Waals surface area contributed by atoms with Crippen molar-refractivity contribution in [3.05, 3.63) is 46.5 Å². The van der Waals surface area contributed by atoms with Gasteiger partial charge in [0.1, 0.15) is 5.54 Å². The molecular weight excluding hydrogens is 374 g/mol. The van der Waals surface area contributed by atoms with Crippen LogP contribution in [-0.4, -0.2) is 62.3 Å². The topological polar surface area (TPSA) is 84.8 Å². The molecule has 2 aliphatic rings. The van der Waals surface area contributed by atoms with Gasteiger partial charge in [0.15, 0.2) is 5.92 Å². The number of nitriles is 2. The Labute approximate surface area is 170 Å². The Morgan fingerprint density at radius 2 is 1.96 bits per heavy atom. The lowest BCUT2D eigenvalue weighted by Gasteiger charge is -2.35. The SMILES string of the molecule is CN=C(C(C#N)C#N)C1(CN2CCOCC2)C=C(Cc2ccc(Cl)cc2)C=N1. The van der Waals surface area contributed by atoms with E-state index in [4.69, 9.17) is 21.3 Å². The third-order valence-electron chi connectivity index (χ3n) is 4.99. The van der Waals surface area contributed by atoms with Crippen molar-refractivity contribution in [2.75, 3.05) is 39.9 Å². The van der Waals surface area contributed by atoms with E-state index in [1.165, 1.54) is 0 Å². The van der Waals surface area contributed by atoms with Crippen molar-refractivity contribution in [1.29, 1.82) is 10.5 Å². The molecule has 2 aliphatic heterocycles. The summed E-state index contributed by atoms with van der Waals surface area (Å²) in [6.07, 6.45) is 4.60. The number of halogens is 1. The van der Waals surface area contributed by atoms with Crippen molar-refractivity contribution in [2.45, 2.75) is 12.0 Å². The Balaban J connectivity index is 1.91. The molecule has 0 amide bonds. The van der Waals surface area contributed by atoms with E-state index in [1.807, 2.05) is 30.5 Å². The molecule has 0 radical (unpaired) electrons. The van der Waals surface area contributed by atoms with Gasteiger partial charge < -0.3 is 4.74 Å². The summed E-state index contributed by atoms with van der Waals surface area (Å²) >= 11 is 5.98. The van der Waals surface area contributed by atoms with Gasteiger partial charge in [0.05, 0.1) is 31.1 Å². The van der Waals surface area contributed by atoms with Crippen molar-refractivity contribution in [2.24, 2.45) is 15.9 Å². The second-order valence-electron chi connectivity index (χ2n) is 6.89. The van der Waals surface area contributed by atoms with Crippen LogP contribution in [0.4, 0.5) is 0 Å². The normalized spacial score (nSPS) is 22.8. The summed E-state index contributed by atoms with van der Waals surface area (Å²) in [4.78, 5) is 11.4. The number of ether oxygens (including phenoxy) is 1. The molecule has 144 valence electrons. The molecule has 0 aliphatic carbocycles. The van der Waals surface area contributed by atoms with E-state index in [1.54, 1.807) is 7.05 Å². The van der Waals surface area contributed by atoms with Crippen LogP contribution in [0.1, 0.15) is 5.56 Å². The van der Waals surface area contributed by atoms with Crippen molar-refractivity contribution >= 4 is 23.5 Å². The highest BCUT2D eigenvalue weighted by atomic mass is 35.5. The van der Waals surface area contributed by atoms with Crippen LogP contribution in [0.25, 0.3) is 0 Å². The highest BCUT2D eigenvalue weighted by Gasteiger charge is 2.41. The van der Waals surface area contributed by atoms with Crippen LogP contribution in [-0.2, 0) is 11.2 Å². The Kier molecular flexibility index (Phi) is 6.59. The molecule has 1 aromatic carbocycles. The van der Waals surface area contributed by atoms with Crippen molar-refractivity contribution in [3.8, 4) is 12.1 Å². The summed E-state index contributed by atoms with van der Waals surface area (Å²) in [6, 6.07) is 11.8. The Bertz CT molecular complexity index is 858. The van der Waals surface area contributed by atoms with Crippen LogP contribution in [0.3, 0.4) is 0 Å². The first-order valence-corrected chi connectivity index (χ1v) is 9.56. The fourth-order valence-electron chi connectivity index (χ4n) is 3.65. The molecule has 0 spiro atoms. The third kappa shape index (κ3) is 4.48. The molecule has 0 bridgehead atoms. The van der Waals surface area contributed by atoms with Gasteiger partial charge in [-0.05, 0) is 35.8 Å². The van der Waals surface area contributed by atoms with Gasteiger partial charge in [-0.25, -0.2) is 0 Å². The maximum Gasteiger partial charge on any atom is 0.173 e. The molecule has 0 N–H and O–H groups in total. The molecule has 0 aromatic heterocycles. The zero-order valence-electron chi connectivity index (χ0n) is 15.8. The zero-order chi connectivity index (χ0) is 20.0. The molecule has 7 heteroatoms. The van der Waals surface area contributed by atoms with E-state index >= 15 is 0 Å². The van der Waals surface area contributed by atoms with E-state index in [-0.39, 0.29) is 0 Å². The Morgan fingerprint density at radius 3 is 2.57 bits per heavy atom. The minimum atomic E-state index is -0.936. The van der Waals surface area contributed by atoms with Gasteiger partial charge in [0.2, 0.25) is 0 Å². The van der Waals surface area contributed by atoms with Crippen molar-refractivity contribution < 1.29 is 4.74 Å². The molecule has 28 heavy (non-hydrogen) atoms. The minimum Gasteiger partial charge on any atom is -0.379 e. The van der Waals surface area contributed by atoms with Gasteiger partial charge in [-0.3, -0.25) is 14.9 Å². The van der Waals surface area contributed by atoms with Gasteiger partial charge in [-0.15, -0.1) is 0 Å². The predicted octanol–water partition coefficient (Wildman–Crippen LogP) is 2.70. The number of benzene rings is 1. The summed E-state index contributed by atoms with van der Waals surface area (Å²) in [6.45, 7) is 3.49. The zero-order valence-corrected chi connectivity index (χ0v) is 16.6. The highest BCUT2D eigenvalue weighted by Crippen LogP contribution is 2.29. The van der Waals surface area contributed by atoms with Crippen LogP contribution in [0.5, 0.6) is 0 Å². The van der Waals surface area contributed by atoms with Crippen LogP contribution in [0.2, 0.25) is 5.02 Å². The molecule has 1 unspecified atom stereocenters. The molecule has 1 fully saturated rings. The molecule has 1 atom stereocenters. The van der Waals surface area contributed by atoms with Gasteiger partial charge in [0, 0.05) is 37.9 Å². The molecule has 6 nitrogen and oxygen atoms in total. The van der Waals surface area contributed by atoms with Crippen LogP contribution < -0.4 is 0 Å². The van der Waals surface area contributed by atoms with E-state index in [2.05, 4.69) is 28.1 Å². The van der Waals surface area contributed by atoms with E-state index in [0.717, 1.165) is 24.2 Å².